The molecule has 2 aromatic heterocycles. The number of rotatable bonds is 7. The van der Waals surface area contributed by atoms with E-state index in [2.05, 4.69) is 96.1 Å². The Morgan fingerprint density at radius 1 is 1.10 bits per heavy atom. The third-order valence-electron chi connectivity index (χ3n) is 5.52. The minimum Gasteiger partial charge on any atom is -0.361 e. The number of benzene rings is 2. The molecule has 0 spiro atoms. The number of aromatic amines is 1. The number of nitrogens with zero attached hydrogens (tertiary/aromatic N) is 4. The summed E-state index contributed by atoms with van der Waals surface area (Å²) in [6.07, 6.45) is 3.97. The van der Waals surface area contributed by atoms with Crippen LogP contribution < -0.4 is 5.32 Å². The smallest absolute Gasteiger partial charge is 0.173 e. The normalized spacial score (nSPS) is 12.6. The number of aromatic nitrogens is 5. The van der Waals surface area contributed by atoms with Crippen LogP contribution in [0.15, 0.2) is 42.6 Å². The van der Waals surface area contributed by atoms with Gasteiger partial charge in [0.2, 0.25) is 0 Å². The summed E-state index contributed by atoms with van der Waals surface area (Å²) in [5.74, 6) is 0.862. The number of fused-ring (bicyclic) bond motifs is 1. The molecule has 0 saturated heterocycles. The van der Waals surface area contributed by atoms with Crippen molar-refractivity contribution in [1.29, 1.82) is 0 Å². The summed E-state index contributed by atoms with van der Waals surface area (Å²) in [4.78, 5) is 3.35. The molecule has 1 atom stereocenters. The fourth-order valence-electron chi connectivity index (χ4n) is 4.21. The predicted octanol–water partition coefficient (Wildman–Crippen LogP) is 4.35. The van der Waals surface area contributed by atoms with Crippen LogP contribution in [0.25, 0.3) is 16.6 Å². The number of aryl methyl sites for hydroxylation is 3. The highest BCUT2D eigenvalue weighted by atomic mass is 15.5. The van der Waals surface area contributed by atoms with Gasteiger partial charge in [0.05, 0.1) is 11.7 Å². The Hall–Kier alpha value is -2.99. The summed E-state index contributed by atoms with van der Waals surface area (Å²) >= 11 is 0. The topological polar surface area (TPSA) is 71.4 Å². The summed E-state index contributed by atoms with van der Waals surface area (Å²) in [5, 5.41) is 17.6. The molecule has 4 rings (SSSR count). The summed E-state index contributed by atoms with van der Waals surface area (Å²) < 4.78 is 1.90. The van der Waals surface area contributed by atoms with Crippen LogP contribution in [0.3, 0.4) is 0 Å². The van der Waals surface area contributed by atoms with Crippen LogP contribution in [0.1, 0.15) is 47.5 Å². The molecule has 4 aromatic rings. The van der Waals surface area contributed by atoms with Crippen LogP contribution in [-0.2, 0) is 6.42 Å². The molecule has 0 unspecified atom stereocenters. The molecule has 6 nitrogen and oxygen atoms in total. The molecule has 0 bridgehead atoms. The lowest BCUT2D eigenvalue weighted by molar-refractivity contribution is 0.487. The summed E-state index contributed by atoms with van der Waals surface area (Å²) in [5.41, 5.74) is 7.21. The Balaban J connectivity index is 1.53. The standard InChI is InChI=1S/C23H28N6/c1-5-20(24-11-10-18-14-25-21-9-7-6-8-19(18)21)23-26-27-28-29(23)22-16(3)12-15(2)13-17(22)4/h6-9,12-14,20,24-25H,5,10-11H2,1-4H3/t20-/m1/s1. The average Bonchev–Trinajstić information content (AvgIpc) is 3.32. The van der Waals surface area contributed by atoms with E-state index < -0.39 is 0 Å². The molecule has 0 radical (unpaired) electrons. The molecule has 6 heteroatoms. The van der Waals surface area contributed by atoms with Crippen molar-refractivity contribution in [3.8, 4) is 5.69 Å². The zero-order chi connectivity index (χ0) is 20.4. The highest BCUT2D eigenvalue weighted by molar-refractivity contribution is 5.83. The fourth-order valence-corrected chi connectivity index (χ4v) is 4.21. The number of H-pyrrole nitrogens is 1. The van der Waals surface area contributed by atoms with E-state index in [4.69, 9.17) is 0 Å². The van der Waals surface area contributed by atoms with Gasteiger partial charge in [-0.25, -0.2) is 0 Å². The van der Waals surface area contributed by atoms with E-state index in [0.29, 0.717) is 0 Å². The van der Waals surface area contributed by atoms with E-state index in [-0.39, 0.29) is 6.04 Å². The zero-order valence-electron chi connectivity index (χ0n) is 17.5. The second-order valence-corrected chi connectivity index (χ2v) is 7.72. The molecule has 0 saturated carbocycles. The van der Waals surface area contributed by atoms with Crippen LogP contribution in [0.4, 0.5) is 0 Å². The van der Waals surface area contributed by atoms with Crippen molar-refractivity contribution in [3.63, 3.8) is 0 Å². The van der Waals surface area contributed by atoms with Gasteiger partial charge in [0.1, 0.15) is 0 Å². The molecule has 0 amide bonds. The number of tetrazole rings is 1. The summed E-state index contributed by atoms with van der Waals surface area (Å²) in [6.45, 7) is 9.38. The minimum atomic E-state index is 0.0929. The third kappa shape index (κ3) is 3.80. The van der Waals surface area contributed by atoms with Crippen LogP contribution >= 0.6 is 0 Å². The van der Waals surface area contributed by atoms with Gasteiger partial charge in [-0.15, -0.1) is 5.10 Å². The van der Waals surface area contributed by atoms with Gasteiger partial charge in [-0.1, -0.05) is 42.8 Å². The molecule has 0 fully saturated rings. The van der Waals surface area contributed by atoms with Gasteiger partial charge in [-0.3, -0.25) is 0 Å². The maximum atomic E-state index is 4.37. The Bertz CT molecular complexity index is 1100. The second-order valence-electron chi connectivity index (χ2n) is 7.72. The van der Waals surface area contributed by atoms with E-state index in [1.807, 2.05) is 4.68 Å². The van der Waals surface area contributed by atoms with E-state index in [9.17, 15) is 0 Å². The molecule has 150 valence electrons. The first-order valence-electron chi connectivity index (χ1n) is 10.2. The van der Waals surface area contributed by atoms with Crippen molar-refractivity contribution in [2.45, 2.75) is 46.6 Å². The highest BCUT2D eigenvalue weighted by Gasteiger charge is 2.20. The average molecular weight is 389 g/mol. The first kappa shape index (κ1) is 19.3. The molecule has 2 aromatic carbocycles. The van der Waals surface area contributed by atoms with Crippen molar-refractivity contribution in [3.05, 3.63) is 70.7 Å². The van der Waals surface area contributed by atoms with Crippen molar-refractivity contribution >= 4 is 10.9 Å². The van der Waals surface area contributed by atoms with Gasteiger partial charge < -0.3 is 10.3 Å². The summed E-state index contributed by atoms with van der Waals surface area (Å²) in [6, 6.07) is 12.9. The van der Waals surface area contributed by atoms with Gasteiger partial charge in [-0.05, 0) is 73.3 Å². The van der Waals surface area contributed by atoms with Gasteiger partial charge in [0.25, 0.3) is 0 Å². The molecule has 29 heavy (non-hydrogen) atoms. The first-order chi connectivity index (χ1) is 14.1. The van der Waals surface area contributed by atoms with Crippen molar-refractivity contribution in [1.82, 2.24) is 30.5 Å². The highest BCUT2D eigenvalue weighted by Crippen LogP contribution is 2.24. The van der Waals surface area contributed by atoms with Crippen molar-refractivity contribution < 1.29 is 0 Å². The van der Waals surface area contributed by atoms with E-state index in [1.165, 1.54) is 33.2 Å². The quantitative estimate of drug-likeness (QED) is 0.494. The van der Waals surface area contributed by atoms with Gasteiger partial charge in [-0.2, -0.15) is 4.68 Å². The van der Waals surface area contributed by atoms with Crippen LogP contribution in [0.5, 0.6) is 0 Å². The lowest BCUT2D eigenvalue weighted by atomic mass is 10.0. The Kier molecular flexibility index (Phi) is 5.45. The first-order valence-corrected chi connectivity index (χ1v) is 10.2. The van der Waals surface area contributed by atoms with Crippen molar-refractivity contribution in [2.75, 3.05) is 6.54 Å². The molecule has 0 aliphatic rings. The largest absolute Gasteiger partial charge is 0.361 e. The number of hydrogen-bond acceptors (Lipinski definition) is 4. The number of hydrogen-bond donors (Lipinski definition) is 2. The third-order valence-corrected chi connectivity index (χ3v) is 5.52. The van der Waals surface area contributed by atoms with Crippen LogP contribution in [0, 0.1) is 20.8 Å². The van der Waals surface area contributed by atoms with E-state index in [0.717, 1.165) is 30.9 Å². The van der Waals surface area contributed by atoms with Crippen molar-refractivity contribution in [2.24, 2.45) is 0 Å². The number of nitrogens with one attached hydrogen (secondary N) is 2. The molecule has 0 aliphatic heterocycles. The van der Waals surface area contributed by atoms with Gasteiger partial charge >= 0.3 is 0 Å². The fraction of sp³-hybridized carbons (Fsp3) is 0.348. The Morgan fingerprint density at radius 2 is 1.86 bits per heavy atom. The Morgan fingerprint density at radius 3 is 2.62 bits per heavy atom. The molecular weight excluding hydrogens is 360 g/mol. The maximum absolute atomic E-state index is 4.37. The predicted molar refractivity (Wildman–Crippen MR) is 116 cm³/mol. The molecule has 2 N–H and O–H groups in total. The van der Waals surface area contributed by atoms with Gasteiger partial charge in [0, 0.05) is 17.1 Å². The maximum Gasteiger partial charge on any atom is 0.173 e. The lowest BCUT2D eigenvalue weighted by Gasteiger charge is -2.18. The second kappa shape index (κ2) is 8.17. The van der Waals surface area contributed by atoms with E-state index >= 15 is 0 Å². The number of para-hydroxylation sites is 1. The molecule has 0 aliphatic carbocycles. The monoisotopic (exact) mass is 388 g/mol. The van der Waals surface area contributed by atoms with E-state index in [1.54, 1.807) is 0 Å². The van der Waals surface area contributed by atoms with Gasteiger partial charge in [0.15, 0.2) is 5.82 Å². The lowest BCUT2D eigenvalue weighted by Crippen LogP contribution is -2.26. The molecular formula is C23H28N6. The zero-order valence-corrected chi connectivity index (χ0v) is 17.5. The minimum absolute atomic E-state index is 0.0929. The SMILES string of the molecule is CC[C@@H](NCCc1c[nH]c2ccccc12)c1nnnn1-c1c(C)cc(C)cc1C. The summed E-state index contributed by atoms with van der Waals surface area (Å²) in [7, 11) is 0. The van der Waals surface area contributed by atoms with Crippen LogP contribution in [-0.4, -0.2) is 31.7 Å². The molecule has 2 heterocycles. The Labute approximate surface area is 171 Å². The van der Waals surface area contributed by atoms with Crippen LogP contribution in [0.2, 0.25) is 0 Å².